The number of piperidine rings is 1. The van der Waals surface area contributed by atoms with Crippen LogP contribution in [0.4, 0.5) is 11.6 Å². The van der Waals surface area contributed by atoms with Crippen LogP contribution in [-0.2, 0) is 4.74 Å². The molecule has 0 bridgehead atoms. The summed E-state index contributed by atoms with van der Waals surface area (Å²) in [4.78, 5) is 16.1. The number of nitrogen functional groups attached to an aromatic ring is 1. The average Bonchev–Trinajstić information content (AvgIpc) is 2.96. The Morgan fingerprint density at radius 2 is 1.96 bits per heavy atom. The van der Waals surface area contributed by atoms with Crippen molar-refractivity contribution in [2.45, 2.75) is 42.7 Å². The molecule has 0 aliphatic carbocycles. The molecule has 2 aromatic rings. The highest BCUT2D eigenvalue weighted by Gasteiger charge is 2.46. The highest BCUT2D eigenvalue weighted by molar-refractivity contribution is 7.99. The Hall–Kier alpha value is -1.28. The van der Waals surface area contributed by atoms with Gasteiger partial charge in [-0.05, 0) is 31.7 Å². The average molecular weight is 440 g/mol. The second-order valence-corrected chi connectivity index (χ2v) is 9.42. The Bertz CT molecular complexity index is 858. The fraction of sp³-hybridized carbons (Fsp3) is 0.526. The number of halogens is 2. The molecule has 0 amide bonds. The monoisotopic (exact) mass is 439 g/mol. The molecule has 28 heavy (non-hydrogen) atoms. The predicted molar refractivity (Wildman–Crippen MR) is 113 cm³/mol. The van der Waals surface area contributed by atoms with E-state index in [1.54, 1.807) is 12.3 Å². The van der Waals surface area contributed by atoms with Crippen LogP contribution in [0.15, 0.2) is 28.4 Å². The number of hydrogen-bond acceptors (Lipinski definition) is 7. The van der Waals surface area contributed by atoms with Gasteiger partial charge in [0.25, 0.3) is 0 Å². The molecular formula is C19H23Cl2N5OS. The highest BCUT2D eigenvalue weighted by atomic mass is 35.5. The van der Waals surface area contributed by atoms with Gasteiger partial charge in [-0.2, -0.15) is 0 Å². The van der Waals surface area contributed by atoms with E-state index in [4.69, 9.17) is 33.7 Å². The van der Waals surface area contributed by atoms with Crippen LogP contribution in [0.2, 0.25) is 10.2 Å². The van der Waals surface area contributed by atoms with Gasteiger partial charge in [-0.1, -0.05) is 41.9 Å². The number of anilines is 2. The van der Waals surface area contributed by atoms with E-state index in [0.717, 1.165) is 43.4 Å². The van der Waals surface area contributed by atoms with E-state index in [2.05, 4.69) is 33.7 Å². The molecule has 6 nitrogen and oxygen atoms in total. The summed E-state index contributed by atoms with van der Waals surface area (Å²) in [5.74, 6) is 1.82. The molecule has 2 aliphatic heterocycles. The summed E-state index contributed by atoms with van der Waals surface area (Å²) >= 11 is 13.6. The van der Waals surface area contributed by atoms with Crippen molar-refractivity contribution in [3.8, 4) is 0 Å². The van der Waals surface area contributed by atoms with E-state index in [-0.39, 0.29) is 5.15 Å². The van der Waals surface area contributed by atoms with E-state index < -0.39 is 0 Å². The first-order chi connectivity index (χ1) is 13.4. The molecule has 1 spiro atoms. The lowest BCUT2D eigenvalue weighted by molar-refractivity contribution is 0.0969. The molecule has 2 fully saturated rings. The largest absolute Gasteiger partial charge is 0.384 e. The van der Waals surface area contributed by atoms with E-state index in [1.807, 2.05) is 6.20 Å². The van der Waals surface area contributed by atoms with Gasteiger partial charge in [-0.25, -0.2) is 15.0 Å². The molecule has 0 aromatic carbocycles. The third-order valence-corrected chi connectivity index (χ3v) is 7.95. The van der Waals surface area contributed by atoms with Gasteiger partial charge in [0.05, 0.1) is 30.1 Å². The van der Waals surface area contributed by atoms with E-state index >= 15 is 0 Å². The topological polar surface area (TPSA) is 77.2 Å². The van der Waals surface area contributed by atoms with Gasteiger partial charge in [0.2, 0.25) is 0 Å². The number of rotatable bonds is 3. The summed E-state index contributed by atoms with van der Waals surface area (Å²) in [5.41, 5.74) is 6.07. The fourth-order valence-corrected chi connectivity index (χ4v) is 5.33. The summed E-state index contributed by atoms with van der Waals surface area (Å²) in [6, 6.07) is 1.68. The van der Waals surface area contributed by atoms with Crippen molar-refractivity contribution in [1.29, 1.82) is 0 Å². The summed E-state index contributed by atoms with van der Waals surface area (Å²) in [7, 11) is 0. The van der Waals surface area contributed by atoms with Crippen LogP contribution in [0, 0.1) is 11.3 Å². The Morgan fingerprint density at radius 3 is 2.57 bits per heavy atom. The zero-order chi connectivity index (χ0) is 19.9. The van der Waals surface area contributed by atoms with Crippen molar-refractivity contribution in [3.05, 3.63) is 28.6 Å². The van der Waals surface area contributed by atoms with Gasteiger partial charge in [0.15, 0.2) is 5.15 Å². The zero-order valence-corrected chi connectivity index (χ0v) is 18.2. The maximum atomic E-state index is 6.21. The van der Waals surface area contributed by atoms with Crippen molar-refractivity contribution >= 4 is 46.6 Å². The molecule has 2 saturated heterocycles. The predicted octanol–water partition coefficient (Wildman–Crippen LogP) is 4.55. The Kier molecular flexibility index (Phi) is 5.62. The van der Waals surface area contributed by atoms with Crippen molar-refractivity contribution < 1.29 is 4.74 Å². The van der Waals surface area contributed by atoms with Crippen molar-refractivity contribution in [1.82, 2.24) is 15.0 Å². The molecule has 2 aliphatic rings. The molecule has 4 rings (SSSR count). The van der Waals surface area contributed by atoms with Crippen molar-refractivity contribution in [3.63, 3.8) is 0 Å². The molecule has 2 N–H and O–H groups in total. The minimum absolute atomic E-state index is 0.190. The van der Waals surface area contributed by atoms with Gasteiger partial charge in [0.1, 0.15) is 16.7 Å². The fourth-order valence-electron chi connectivity index (χ4n) is 4.06. The first-order valence-corrected chi connectivity index (χ1v) is 10.9. The van der Waals surface area contributed by atoms with Crippen LogP contribution in [0.1, 0.15) is 26.7 Å². The maximum Gasteiger partial charge on any atom is 0.151 e. The van der Waals surface area contributed by atoms with Crippen molar-refractivity contribution in [2.24, 2.45) is 11.3 Å². The van der Waals surface area contributed by atoms with Crippen LogP contribution in [0.3, 0.4) is 0 Å². The smallest absolute Gasteiger partial charge is 0.151 e. The Labute approximate surface area is 179 Å². The summed E-state index contributed by atoms with van der Waals surface area (Å²) in [6.07, 6.45) is 6.18. The van der Waals surface area contributed by atoms with Crippen LogP contribution in [0.25, 0.3) is 0 Å². The van der Waals surface area contributed by atoms with Gasteiger partial charge in [0, 0.05) is 23.4 Å². The molecule has 0 saturated carbocycles. The molecule has 4 heterocycles. The molecule has 2 aromatic heterocycles. The lowest BCUT2D eigenvalue weighted by Crippen LogP contribution is -2.44. The first kappa shape index (κ1) is 20.0. The Morgan fingerprint density at radius 1 is 1.21 bits per heavy atom. The SMILES string of the molecule is C[C@@H]1OCC2(CCN(c3cnc(Sc4cc(N)nc(Cl)c4Cl)cn3)CC2)[C@@H]1C. The summed E-state index contributed by atoms with van der Waals surface area (Å²) in [6.45, 7) is 7.34. The zero-order valence-electron chi connectivity index (χ0n) is 15.9. The summed E-state index contributed by atoms with van der Waals surface area (Å²) in [5, 5.41) is 1.29. The first-order valence-electron chi connectivity index (χ1n) is 9.36. The minimum atomic E-state index is 0.190. The van der Waals surface area contributed by atoms with Crippen LogP contribution < -0.4 is 10.6 Å². The maximum absolute atomic E-state index is 6.21. The lowest BCUT2D eigenvalue weighted by Gasteiger charge is -2.41. The number of nitrogens with two attached hydrogens (primary N) is 1. The molecule has 150 valence electrons. The van der Waals surface area contributed by atoms with Gasteiger partial charge in [-0.3, -0.25) is 0 Å². The van der Waals surface area contributed by atoms with E-state index in [9.17, 15) is 0 Å². The van der Waals surface area contributed by atoms with E-state index in [0.29, 0.717) is 33.2 Å². The van der Waals surface area contributed by atoms with Gasteiger partial charge >= 0.3 is 0 Å². The van der Waals surface area contributed by atoms with Crippen LogP contribution in [0.5, 0.6) is 0 Å². The number of nitrogens with zero attached hydrogens (tertiary/aromatic N) is 4. The third-order valence-electron chi connectivity index (χ3n) is 6.12. The normalized spacial score (nSPS) is 24.1. The second kappa shape index (κ2) is 7.86. The number of pyridine rings is 1. The third kappa shape index (κ3) is 3.77. The Balaban J connectivity index is 1.42. The lowest BCUT2D eigenvalue weighted by atomic mass is 9.70. The molecule has 0 unspecified atom stereocenters. The van der Waals surface area contributed by atoms with Crippen LogP contribution >= 0.6 is 35.0 Å². The number of ether oxygens (including phenoxy) is 1. The van der Waals surface area contributed by atoms with Crippen molar-refractivity contribution in [2.75, 3.05) is 30.3 Å². The molecule has 9 heteroatoms. The quantitative estimate of drug-likeness (QED) is 0.702. The van der Waals surface area contributed by atoms with E-state index in [1.165, 1.54) is 11.8 Å². The summed E-state index contributed by atoms with van der Waals surface area (Å²) < 4.78 is 5.92. The number of aromatic nitrogens is 3. The standard InChI is InChI=1S/C19H23Cl2N5OS/c1-11-12(2)27-10-19(11)3-5-26(6-4-19)15-8-24-16(9-23-15)28-13-7-14(22)25-18(21)17(13)20/h7-9,11-12H,3-6,10H2,1-2H3,(H2,22,25)/t11-,12+/m1/s1. The minimum Gasteiger partial charge on any atom is -0.384 e. The molecule has 2 atom stereocenters. The second-order valence-electron chi connectivity index (χ2n) is 7.62. The van der Waals surface area contributed by atoms with Gasteiger partial charge in [-0.15, -0.1) is 0 Å². The number of hydrogen-bond donors (Lipinski definition) is 1. The highest BCUT2D eigenvalue weighted by Crippen LogP contribution is 2.46. The molecule has 0 radical (unpaired) electrons. The van der Waals surface area contributed by atoms with Gasteiger partial charge < -0.3 is 15.4 Å². The van der Waals surface area contributed by atoms with Crippen LogP contribution in [-0.4, -0.2) is 40.8 Å². The molecular weight excluding hydrogens is 417 g/mol.